The molecule has 1 unspecified atom stereocenters. The van der Waals surface area contributed by atoms with Crippen molar-refractivity contribution in [3.8, 4) is 0 Å². The second kappa shape index (κ2) is 2.50. The summed E-state index contributed by atoms with van der Waals surface area (Å²) < 4.78 is 0. The Morgan fingerprint density at radius 3 is 2.55 bits per heavy atom. The maximum Gasteiger partial charge on any atom is -0.0264 e. The van der Waals surface area contributed by atoms with Gasteiger partial charge in [0.1, 0.15) is 0 Å². The highest BCUT2D eigenvalue weighted by molar-refractivity contribution is 5.05. The van der Waals surface area contributed by atoms with Crippen molar-refractivity contribution in [2.24, 2.45) is 17.3 Å². The van der Waals surface area contributed by atoms with Crippen molar-refractivity contribution in [2.45, 2.75) is 52.4 Å². The maximum atomic E-state index is 2.38. The Morgan fingerprint density at radius 1 is 1.27 bits per heavy atom. The van der Waals surface area contributed by atoms with E-state index in [1.807, 2.05) is 0 Å². The minimum absolute atomic E-state index is 0.855. The molecule has 3 fully saturated rings. The van der Waals surface area contributed by atoms with Gasteiger partial charge in [-0.1, -0.05) is 26.7 Å². The molecular weight excluding hydrogens is 132 g/mol. The van der Waals surface area contributed by atoms with Crippen LogP contribution in [-0.4, -0.2) is 0 Å². The van der Waals surface area contributed by atoms with Crippen LogP contribution in [0.15, 0.2) is 0 Å². The molecule has 2 bridgehead atoms. The first-order chi connectivity index (χ1) is 5.30. The largest absolute Gasteiger partial charge is 0.0654 e. The number of hydrogen-bond acceptors (Lipinski definition) is 0. The summed E-state index contributed by atoms with van der Waals surface area (Å²) in [5.74, 6) is 2.25. The van der Waals surface area contributed by atoms with Crippen molar-refractivity contribution >= 4 is 0 Å². The molecule has 64 valence electrons. The van der Waals surface area contributed by atoms with E-state index in [0.717, 1.165) is 17.3 Å². The molecule has 3 saturated carbocycles. The molecule has 0 aromatic heterocycles. The van der Waals surface area contributed by atoms with Gasteiger partial charge in [-0.05, 0) is 42.9 Å². The molecule has 0 amide bonds. The second-order valence-corrected chi connectivity index (χ2v) is 4.73. The average Bonchev–Trinajstić information content (AvgIpc) is 2.41. The lowest BCUT2D eigenvalue weighted by Crippen LogP contribution is -2.31. The van der Waals surface area contributed by atoms with Gasteiger partial charge in [-0.3, -0.25) is 0 Å². The van der Waals surface area contributed by atoms with Crippen molar-refractivity contribution in [3.05, 3.63) is 0 Å². The van der Waals surface area contributed by atoms with E-state index < -0.39 is 0 Å². The highest BCUT2D eigenvalue weighted by Gasteiger charge is 2.54. The van der Waals surface area contributed by atoms with Crippen molar-refractivity contribution in [2.75, 3.05) is 0 Å². The Bertz CT molecular complexity index is 142. The summed E-state index contributed by atoms with van der Waals surface area (Å²) >= 11 is 0. The summed E-state index contributed by atoms with van der Waals surface area (Å²) in [6.45, 7) is 4.72. The third-order valence-corrected chi connectivity index (χ3v) is 4.11. The first-order valence-electron chi connectivity index (χ1n) is 5.30. The molecule has 3 rings (SSSR count). The fourth-order valence-corrected chi connectivity index (χ4v) is 3.75. The predicted octanol–water partition coefficient (Wildman–Crippen LogP) is 3.61. The molecule has 1 atom stereocenters. The predicted molar refractivity (Wildman–Crippen MR) is 48.5 cm³/mol. The van der Waals surface area contributed by atoms with E-state index in [0.29, 0.717) is 0 Å². The lowest BCUT2D eigenvalue weighted by Gasteiger charge is -2.41. The van der Waals surface area contributed by atoms with E-state index in [-0.39, 0.29) is 0 Å². The molecule has 11 heavy (non-hydrogen) atoms. The van der Waals surface area contributed by atoms with Crippen LogP contribution >= 0.6 is 0 Å². The Kier molecular flexibility index (Phi) is 1.74. The quantitative estimate of drug-likeness (QED) is 0.579. The van der Waals surface area contributed by atoms with Gasteiger partial charge in [-0.2, -0.15) is 0 Å². The van der Waals surface area contributed by atoms with Gasteiger partial charge in [0, 0.05) is 0 Å². The van der Waals surface area contributed by atoms with Gasteiger partial charge in [-0.25, -0.2) is 0 Å². The molecule has 0 nitrogen and oxygen atoms in total. The molecule has 0 aromatic carbocycles. The number of rotatable bonds is 3. The Balaban J connectivity index is 2.02. The van der Waals surface area contributed by atoms with Gasteiger partial charge in [0.05, 0.1) is 0 Å². The molecule has 3 aliphatic rings. The average molecular weight is 152 g/mol. The molecular formula is C11H20. The molecule has 0 aliphatic heterocycles. The van der Waals surface area contributed by atoms with Crippen LogP contribution in [0.1, 0.15) is 52.4 Å². The van der Waals surface area contributed by atoms with Crippen molar-refractivity contribution in [3.63, 3.8) is 0 Å². The van der Waals surface area contributed by atoms with Gasteiger partial charge in [-0.15, -0.1) is 0 Å². The van der Waals surface area contributed by atoms with E-state index in [2.05, 4.69) is 13.8 Å². The first kappa shape index (κ1) is 7.64. The molecule has 0 heterocycles. The monoisotopic (exact) mass is 152 g/mol. The number of fused-ring (bicyclic) bond motifs is 1. The fraction of sp³-hybridized carbons (Fsp3) is 1.00. The topological polar surface area (TPSA) is 0 Å². The molecule has 0 spiro atoms. The van der Waals surface area contributed by atoms with Gasteiger partial charge >= 0.3 is 0 Å². The van der Waals surface area contributed by atoms with Crippen molar-refractivity contribution in [1.82, 2.24) is 0 Å². The summed E-state index contributed by atoms with van der Waals surface area (Å²) in [4.78, 5) is 0. The van der Waals surface area contributed by atoms with Crippen molar-refractivity contribution < 1.29 is 0 Å². The summed E-state index contributed by atoms with van der Waals surface area (Å²) in [6.07, 6.45) is 9.09. The SMILES string of the molecule is CCCC12CC(CC1CC)C2. The molecule has 3 aliphatic carbocycles. The summed E-state index contributed by atoms with van der Waals surface area (Å²) in [6, 6.07) is 0. The Labute approximate surface area is 70.4 Å². The van der Waals surface area contributed by atoms with E-state index in [9.17, 15) is 0 Å². The standard InChI is InChI=1S/C11H20/c1-3-5-11-7-9(8-11)6-10(11)4-2/h9-10H,3-8H2,1-2H3. The highest BCUT2D eigenvalue weighted by Crippen LogP contribution is 2.65. The van der Waals surface area contributed by atoms with Crippen LogP contribution in [0.4, 0.5) is 0 Å². The van der Waals surface area contributed by atoms with E-state index in [4.69, 9.17) is 0 Å². The lowest BCUT2D eigenvalue weighted by molar-refractivity contribution is 0.0897. The van der Waals surface area contributed by atoms with Crippen molar-refractivity contribution in [1.29, 1.82) is 0 Å². The fourth-order valence-electron chi connectivity index (χ4n) is 3.75. The van der Waals surface area contributed by atoms with Crippen LogP contribution in [-0.2, 0) is 0 Å². The minimum atomic E-state index is 0.855. The zero-order chi connectivity index (χ0) is 7.90. The molecule has 0 radical (unpaired) electrons. The van der Waals surface area contributed by atoms with E-state index in [1.54, 1.807) is 19.3 Å². The minimum Gasteiger partial charge on any atom is -0.0654 e. The first-order valence-corrected chi connectivity index (χ1v) is 5.30. The van der Waals surface area contributed by atoms with Crippen LogP contribution in [0.2, 0.25) is 0 Å². The highest BCUT2D eigenvalue weighted by atomic mass is 14.6. The molecule has 0 saturated heterocycles. The lowest BCUT2D eigenvalue weighted by atomic mass is 9.64. The van der Waals surface area contributed by atoms with Crippen LogP contribution in [0.25, 0.3) is 0 Å². The smallest absolute Gasteiger partial charge is 0.0264 e. The van der Waals surface area contributed by atoms with Crippen LogP contribution < -0.4 is 0 Å². The summed E-state index contributed by atoms with van der Waals surface area (Å²) in [5, 5.41) is 0. The summed E-state index contributed by atoms with van der Waals surface area (Å²) in [7, 11) is 0. The van der Waals surface area contributed by atoms with Gasteiger partial charge in [0.2, 0.25) is 0 Å². The van der Waals surface area contributed by atoms with Gasteiger partial charge < -0.3 is 0 Å². The Hall–Kier alpha value is 0. The van der Waals surface area contributed by atoms with E-state index >= 15 is 0 Å². The maximum absolute atomic E-state index is 2.38. The third kappa shape index (κ3) is 0.947. The number of hydrogen-bond donors (Lipinski definition) is 0. The molecule has 0 N–H and O–H groups in total. The molecule has 0 heteroatoms. The van der Waals surface area contributed by atoms with Crippen LogP contribution in [0.5, 0.6) is 0 Å². The van der Waals surface area contributed by atoms with Crippen LogP contribution in [0.3, 0.4) is 0 Å². The second-order valence-electron chi connectivity index (χ2n) is 4.73. The van der Waals surface area contributed by atoms with E-state index in [1.165, 1.54) is 19.3 Å². The normalized spacial score (nSPS) is 47.5. The zero-order valence-corrected chi connectivity index (χ0v) is 7.90. The van der Waals surface area contributed by atoms with Crippen LogP contribution in [0, 0.1) is 17.3 Å². The molecule has 0 aromatic rings. The van der Waals surface area contributed by atoms with Gasteiger partial charge in [0.15, 0.2) is 0 Å². The zero-order valence-electron chi connectivity index (χ0n) is 7.90. The Morgan fingerprint density at radius 2 is 2.00 bits per heavy atom. The van der Waals surface area contributed by atoms with Gasteiger partial charge in [0.25, 0.3) is 0 Å². The summed E-state index contributed by atoms with van der Waals surface area (Å²) in [5.41, 5.74) is 0.855. The third-order valence-electron chi connectivity index (χ3n) is 4.11.